The Bertz CT molecular complexity index is 1300. The lowest BCUT2D eigenvalue weighted by atomic mass is 9.97. The molecule has 0 saturated carbocycles. The van der Waals surface area contributed by atoms with E-state index in [1.54, 1.807) is 0 Å². The maximum atomic E-state index is 14.0. The molecule has 2 heterocycles. The molecule has 3 N–H and O–H groups in total. The highest BCUT2D eigenvalue weighted by Gasteiger charge is 2.32. The minimum Gasteiger partial charge on any atom is -0.390 e. The molecular weight excluding hydrogens is 429 g/mol. The quantitative estimate of drug-likeness (QED) is 0.532. The van der Waals surface area contributed by atoms with E-state index in [1.807, 2.05) is 0 Å². The number of carbonyl (C=O) groups excluding carboxylic acids is 1. The molecule has 32 heavy (non-hydrogen) atoms. The summed E-state index contributed by atoms with van der Waals surface area (Å²) in [6, 6.07) is 1.23. The number of pyridine rings is 1. The predicted molar refractivity (Wildman–Crippen MR) is 109 cm³/mol. The summed E-state index contributed by atoms with van der Waals surface area (Å²) in [6.45, 7) is 4.13. The normalized spacial score (nSPS) is 13.7. The third-order valence-electron chi connectivity index (χ3n) is 4.80. The molecule has 0 fully saturated rings. The lowest BCUT2D eigenvalue weighted by molar-refractivity contribution is -0.127. The molecule has 1 aromatic carbocycles. The molecule has 0 saturated heterocycles. The fourth-order valence-corrected chi connectivity index (χ4v) is 3.38. The van der Waals surface area contributed by atoms with Crippen molar-refractivity contribution in [1.82, 2.24) is 19.9 Å². The zero-order valence-corrected chi connectivity index (χ0v) is 17.4. The zero-order valence-electron chi connectivity index (χ0n) is 17.4. The number of nitrogens with zero attached hydrogens (tertiary/aromatic N) is 2. The number of halogens is 3. The van der Waals surface area contributed by atoms with Crippen molar-refractivity contribution in [2.75, 3.05) is 0 Å². The van der Waals surface area contributed by atoms with Crippen LogP contribution in [0.5, 0.6) is 0 Å². The average molecular weight is 450 g/mol. The van der Waals surface area contributed by atoms with E-state index in [1.165, 1.54) is 26.8 Å². The Morgan fingerprint density at radius 2 is 1.91 bits per heavy atom. The van der Waals surface area contributed by atoms with Gasteiger partial charge in [-0.25, -0.2) is 22.5 Å². The Morgan fingerprint density at radius 3 is 2.53 bits per heavy atom. The fourth-order valence-electron chi connectivity index (χ4n) is 3.38. The summed E-state index contributed by atoms with van der Waals surface area (Å²) in [4.78, 5) is 44.7. The van der Waals surface area contributed by atoms with Crippen LogP contribution in [0.25, 0.3) is 10.9 Å². The van der Waals surface area contributed by atoms with Crippen LogP contribution >= 0.6 is 0 Å². The van der Waals surface area contributed by atoms with E-state index in [0.717, 1.165) is 18.3 Å². The molecule has 11 heteroatoms. The molecule has 170 valence electrons. The Balaban J connectivity index is 2.06. The van der Waals surface area contributed by atoms with E-state index < -0.39 is 52.3 Å². The number of aromatic nitrogens is 3. The van der Waals surface area contributed by atoms with Crippen molar-refractivity contribution in [2.24, 2.45) is 0 Å². The van der Waals surface area contributed by atoms with Gasteiger partial charge < -0.3 is 15.4 Å². The van der Waals surface area contributed by atoms with Crippen LogP contribution in [0.15, 0.2) is 40.1 Å². The minimum atomic E-state index is -1.52. The zero-order chi connectivity index (χ0) is 23.8. The molecule has 8 nitrogen and oxygen atoms in total. The molecule has 0 radical (unpaired) electrons. The first-order valence-corrected chi connectivity index (χ1v) is 9.65. The highest BCUT2D eigenvalue weighted by atomic mass is 19.1. The summed E-state index contributed by atoms with van der Waals surface area (Å²) in [5, 5.41) is 12.5. The number of fused-ring (bicyclic) bond motifs is 1. The lowest BCUT2D eigenvalue weighted by Crippen LogP contribution is -2.47. The Morgan fingerprint density at radius 1 is 1.22 bits per heavy atom. The van der Waals surface area contributed by atoms with Gasteiger partial charge in [-0.1, -0.05) is 0 Å². The van der Waals surface area contributed by atoms with Crippen LogP contribution in [-0.4, -0.2) is 31.1 Å². The second-order valence-electron chi connectivity index (χ2n) is 8.08. The second-order valence-corrected chi connectivity index (χ2v) is 8.08. The van der Waals surface area contributed by atoms with Gasteiger partial charge in [-0.3, -0.25) is 14.6 Å². The number of aromatic amines is 1. The van der Waals surface area contributed by atoms with Gasteiger partial charge in [0.15, 0.2) is 0 Å². The highest BCUT2D eigenvalue weighted by molar-refractivity contribution is 5.82. The van der Waals surface area contributed by atoms with E-state index >= 15 is 0 Å². The van der Waals surface area contributed by atoms with Gasteiger partial charge >= 0.3 is 5.69 Å². The highest BCUT2D eigenvalue weighted by Crippen LogP contribution is 2.22. The van der Waals surface area contributed by atoms with Gasteiger partial charge in [0, 0.05) is 12.5 Å². The monoisotopic (exact) mass is 450 g/mol. The smallest absolute Gasteiger partial charge is 0.329 e. The van der Waals surface area contributed by atoms with Crippen LogP contribution in [-0.2, 0) is 4.79 Å². The second kappa shape index (κ2) is 8.58. The van der Waals surface area contributed by atoms with Gasteiger partial charge in [0.1, 0.15) is 23.5 Å². The topological polar surface area (TPSA) is 117 Å². The summed E-state index contributed by atoms with van der Waals surface area (Å²) in [5.41, 5.74) is -3.56. The van der Waals surface area contributed by atoms with Crippen molar-refractivity contribution < 1.29 is 23.1 Å². The SMILES string of the molecule is C[C@H](NC(=O)[C@@H](CC(C)(C)O)n1c(=O)[nH]c2ccc(F)cc2c1=O)c1ncc(F)cc1F. The Hall–Kier alpha value is -3.47. The van der Waals surface area contributed by atoms with Crippen molar-refractivity contribution in [3.8, 4) is 0 Å². The maximum Gasteiger partial charge on any atom is 0.329 e. The number of hydrogen-bond acceptors (Lipinski definition) is 5. The number of carbonyl (C=O) groups is 1. The molecule has 3 aromatic rings. The van der Waals surface area contributed by atoms with Crippen LogP contribution in [0.1, 0.15) is 45.0 Å². The molecule has 0 aliphatic carbocycles. The summed E-state index contributed by atoms with van der Waals surface area (Å²) in [6.07, 6.45) is 0.414. The van der Waals surface area contributed by atoms with Crippen molar-refractivity contribution in [2.45, 2.75) is 44.9 Å². The summed E-state index contributed by atoms with van der Waals surface area (Å²) >= 11 is 0. The molecule has 0 unspecified atom stereocenters. The fraction of sp³-hybridized carbons (Fsp3) is 0.333. The number of nitrogens with one attached hydrogen (secondary N) is 2. The van der Waals surface area contributed by atoms with Crippen LogP contribution < -0.4 is 16.6 Å². The van der Waals surface area contributed by atoms with E-state index in [0.29, 0.717) is 10.6 Å². The molecule has 2 atom stereocenters. The number of rotatable bonds is 6. The van der Waals surface area contributed by atoms with Crippen LogP contribution in [0, 0.1) is 17.5 Å². The maximum absolute atomic E-state index is 14.0. The lowest BCUT2D eigenvalue weighted by Gasteiger charge is -2.26. The molecule has 1 amide bonds. The summed E-state index contributed by atoms with van der Waals surface area (Å²) in [7, 11) is 0. The number of hydrogen-bond donors (Lipinski definition) is 3. The van der Waals surface area contributed by atoms with Crippen molar-refractivity contribution in [3.05, 3.63) is 74.4 Å². The molecular formula is C21H21F3N4O4. The number of H-pyrrole nitrogens is 1. The van der Waals surface area contributed by atoms with Crippen molar-refractivity contribution in [3.63, 3.8) is 0 Å². The molecule has 3 rings (SSSR count). The Kier molecular flexibility index (Phi) is 6.22. The predicted octanol–water partition coefficient (Wildman–Crippen LogP) is 2.08. The van der Waals surface area contributed by atoms with Gasteiger partial charge in [0.05, 0.1) is 34.4 Å². The first kappa shape index (κ1) is 23.2. The molecule has 0 aliphatic rings. The van der Waals surface area contributed by atoms with E-state index in [9.17, 15) is 32.7 Å². The molecule has 0 aliphatic heterocycles. The third kappa shape index (κ3) is 4.88. The van der Waals surface area contributed by atoms with E-state index in [2.05, 4.69) is 15.3 Å². The molecule has 0 spiro atoms. The van der Waals surface area contributed by atoms with Crippen LogP contribution in [0.4, 0.5) is 13.2 Å². The molecule has 2 aromatic heterocycles. The Labute approximate surface area is 179 Å². The standard InChI is InChI=1S/C21H21F3N4O4/c1-10(17-14(24)7-12(23)9-25-17)26-18(29)16(8-21(2,3)32)28-19(30)13-6-11(22)4-5-15(13)27-20(28)31/h4-7,9-10,16,32H,8H2,1-3H3,(H,26,29)(H,27,31)/t10-,16+/m0/s1. The average Bonchev–Trinajstić information content (AvgIpc) is 2.66. The van der Waals surface area contributed by atoms with Gasteiger partial charge in [0.2, 0.25) is 5.91 Å². The number of amides is 1. The van der Waals surface area contributed by atoms with Crippen molar-refractivity contribution >= 4 is 16.8 Å². The van der Waals surface area contributed by atoms with E-state index in [4.69, 9.17) is 0 Å². The first-order valence-electron chi connectivity index (χ1n) is 9.65. The number of aliphatic hydroxyl groups is 1. The molecule has 0 bridgehead atoms. The van der Waals surface area contributed by atoms with Gasteiger partial charge in [0.25, 0.3) is 5.56 Å². The number of benzene rings is 1. The van der Waals surface area contributed by atoms with E-state index in [-0.39, 0.29) is 23.0 Å². The van der Waals surface area contributed by atoms with Crippen LogP contribution in [0.3, 0.4) is 0 Å². The van der Waals surface area contributed by atoms with Crippen molar-refractivity contribution in [1.29, 1.82) is 0 Å². The summed E-state index contributed by atoms with van der Waals surface area (Å²) in [5.74, 6) is -3.50. The third-order valence-corrected chi connectivity index (χ3v) is 4.80. The minimum absolute atomic E-state index is 0.0750. The summed E-state index contributed by atoms with van der Waals surface area (Å²) < 4.78 is 41.4. The first-order chi connectivity index (χ1) is 14.9. The van der Waals surface area contributed by atoms with Gasteiger partial charge in [-0.2, -0.15) is 0 Å². The van der Waals surface area contributed by atoms with Gasteiger partial charge in [-0.05, 0) is 39.0 Å². The van der Waals surface area contributed by atoms with Crippen LogP contribution in [0.2, 0.25) is 0 Å². The van der Waals surface area contributed by atoms with Gasteiger partial charge in [-0.15, -0.1) is 0 Å². The largest absolute Gasteiger partial charge is 0.390 e.